The van der Waals surface area contributed by atoms with Gasteiger partial charge >= 0.3 is 0 Å². The predicted molar refractivity (Wildman–Crippen MR) is 94.9 cm³/mol. The Morgan fingerprint density at radius 2 is 1.82 bits per heavy atom. The first-order valence-corrected chi connectivity index (χ1v) is 8.08. The van der Waals surface area contributed by atoms with Crippen LogP contribution in [0.2, 0.25) is 0 Å². The van der Waals surface area contributed by atoms with Gasteiger partial charge in [-0.1, -0.05) is 46.3 Å². The van der Waals surface area contributed by atoms with Gasteiger partial charge < -0.3 is 5.32 Å². The van der Waals surface area contributed by atoms with Crippen molar-refractivity contribution < 1.29 is 4.79 Å². The molecule has 1 unspecified atom stereocenters. The Morgan fingerprint density at radius 3 is 2.45 bits per heavy atom. The summed E-state index contributed by atoms with van der Waals surface area (Å²) in [6.07, 6.45) is 0. The third-order valence-electron chi connectivity index (χ3n) is 3.79. The topological polar surface area (TPSA) is 32.3 Å². The van der Waals surface area contributed by atoms with Crippen molar-refractivity contribution in [2.75, 3.05) is 12.4 Å². The van der Waals surface area contributed by atoms with Crippen molar-refractivity contribution in [3.05, 3.63) is 64.1 Å². The number of rotatable bonds is 5. The van der Waals surface area contributed by atoms with Gasteiger partial charge in [0.25, 0.3) is 0 Å². The Morgan fingerprint density at radius 1 is 1.18 bits per heavy atom. The van der Waals surface area contributed by atoms with Crippen LogP contribution in [0.15, 0.2) is 53.0 Å². The highest BCUT2D eigenvalue weighted by Crippen LogP contribution is 2.16. The Hall–Kier alpha value is -1.65. The van der Waals surface area contributed by atoms with Crippen molar-refractivity contribution in [1.82, 2.24) is 4.90 Å². The Labute approximate surface area is 140 Å². The molecule has 0 bridgehead atoms. The van der Waals surface area contributed by atoms with Crippen LogP contribution in [0.5, 0.6) is 0 Å². The number of anilines is 1. The van der Waals surface area contributed by atoms with Gasteiger partial charge in [-0.25, -0.2) is 0 Å². The van der Waals surface area contributed by atoms with E-state index in [9.17, 15) is 4.79 Å². The number of amides is 1. The van der Waals surface area contributed by atoms with E-state index in [0.717, 1.165) is 22.3 Å². The van der Waals surface area contributed by atoms with Crippen LogP contribution in [-0.4, -0.2) is 23.9 Å². The van der Waals surface area contributed by atoms with Crippen LogP contribution in [0, 0.1) is 6.92 Å². The molecule has 0 radical (unpaired) electrons. The van der Waals surface area contributed by atoms with Crippen LogP contribution in [0.1, 0.15) is 18.1 Å². The molecule has 2 aromatic carbocycles. The molecule has 2 rings (SSSR count). The van der Waals surface area contributed by atoms with Crippen molar-refractivity contribution in [3.8, 4) is 0 Å². The predicted octanol–water partition coefficient (Wildman–Crippen LogP) is 4.22. The van der Waals surface area contributed by atoms with E-state index in [1.807, 2.05) is 62.2 Å². The number of nitrogens with one attached hydrogen (secondary N) is 1. The van der Waals surface area contributed by atoms with Gasteiger partial charge in [-0.05, 0) is 50.2 Å². The molecule has 1 N–H and O–H groups in total. The maximum atomic E-state index is 12.4. The number of nitrogens with zero attached hydrogens (tertiary/aromatic N) is 1. The zero-order chi connectivity index (χ0) is 16.1. The SMILES string of the molecule is Cc1ccccc1NC(=O)C(C)N(C)Cc1ccc(Br)cc1. The lowest BCUT2D eigenvalue weighted by atomic mass is 10.1. The Kier molecular flexibility index (Phi) is 5.75. The van der Waals surface area contributed by atoms with Gasteiger partial charge in [0.15, 0.2) is 0 Å². The van der Waals surface area contributed by atoms with Gasteiger partial charge in [-0.15, -0.1) is 0 Å². The van der Waals surface area contributed by atoms with Crippen molar-refractivity contribution in [1.29, 1.82) is 0 Å². The average Bonchev–Trinajstić information content (AvgIpc) is 2.51. The van der Waals surface area contributed by atoms with Gasteiger partial charge in [-0.2, -0.15) is 0 Å². The quantitative estimate of drug-likeness (QED) is 0.865. The van der Waals surface area contributed by atoms with Crippen LogP contribution >= 0.6 is 15.9 Å². The minimum absolute atomic E-state index is 0.00825. The Balaban J connectivity index is 1.97. The molecule has 1 atom stereocenters. The molecule has 0 aliphatic heterocycles. The molecule has 1 amide bonds. The van der Waals surface area contributed by atoms with E-state index in [2.05, 4.69) is 33.4 Å². The lowest BCUT2D eigenvalue weighted by Crippen LogP contribution is -2.39. The summed E-state index contributed by atoms with van der Waals surface area (Å²) in [4.78, 5) is 14.4. The normalized spacial score (nSPS) is 12.2. The molecule has 0 aliphatic carbocycles. The molecule has 2 aromatic rings. The molecular weight excluding hydrogens is 340 g/mol. The van der Waals surface area contributed by atoms with Crippen LogP contribution in [0.25, 0.3) is 0 Å². The standard InChI is InChI=1S/C18H21BrN2O/c1-13-6-4-5-7-17(13)20-18(22)14(2)21(3)12-15-8-10-16(19)11-9-15/h4-11,14H,12H2,1-3H3,(H,20,22). The Bertz CT molecular complexity index is 640. The fourth-order valence-electron chi connectivity index (χ4n) is 2.17. The van der Waals surface area contributed by atoms with Crippen molar-refractivity contribution in [2.24, 2.45) is 0 Å². The maximum absolute atomic E-state index is 12.4. The first-order valence-electron chi connectivity index (χ1n) is 7.28. The summed E-state index contributed by atoms with van der Waals surface area (Å²) in [7, 11) is 1.96. The van der Waals surface area contributed by atoms with E-state index in [1.165, 1.54) is 5.56 Å². The summed E-state index contributed by atoms with van der Waals surface area (Å²) in [5.41, 5.74) is 3.12. The van der Waals surface area contributed by atoms with E-state index in [4.69, 9.17) is 0 Å². The number of likely N-dealkylation sites (N-methyl/N-ethyl adjacent to an activating group) is 1. The number of para-hydroxylation sites is 1. The third kappa shape index (κ3) is 4.42. The molecule has 0 spiro atoms. The number of carbonyl (C=O) groups excluding carboxylic acids is 1. The lowest BCUT2D eigenvalue weighted by molar-refractivity contribution is -0.120. The zero-order valence-electron chi connectivity index (χ0n) is 13.1. The zero-order valence-corrected chi connectivity index (χ0v) is 14.7. The second-order valence-electron chi connectivity index (χ2n) is 5.52. The monoisotopic (exact) mass is 360 g/mol. The van der Waals surface area contributed by atoms with Gasteiger partial charge in [-0.3, -0.25) is 9.69 Å². The number of aryl methyl sites for hydroxylation is 1. The summed E-state index contributed by atoms with van der Waals surface area (Å²) in [5, 5.41) is 3.00. The summed E-state index contributed by atoms with van der Waals surface area (Å²) >= 11 is 3.43. The van der Waals surface area contributed by atoms with Gasteiger partial charge in [0.1, 0.15) is 0 Å². The van der Waals surface area contributed by atoms with E-state index in [1.54, 1.807) is 0 Å². The highest BCUT2D eigenvalue weighted by molar-refractivity contribution is 9.10. The third-order valence-corrected chi connectivity index (χ3v) is 4.32. The minimum Gasteiger partial charge on any atom is -0.324 e. The summed E-state index contributed by atoms with van der Waals surface area (Å²) in [6, 6.07) is 15.8. The largest absolute Gasteiger partial charge is 0.324 e. The van der Waals surface area contributed by atoms with Crippen molar-refractivity contribution in [3.63, 3.8) is 0 Å². The molecule has 116 valence electrons. The molecule has 0 heterocycles. The highest BCUT2D eigenvalue weighted by Gasteiger charge is 2.18. The number of benzene rings is 2. The van der Waals surface area contributed by atoms with Crippen LogP contribution in [0.3, 0.4) is 0 Å². The minimum atomic E-state index is -0.205. The van der Waals surface area contributed by atoms with Crippen LogP contribution in [0.4, 0.5) is 5.69 Å². The van der Waals surface area contributed by atoms with Gasteiger partial charge in [0.2, 0.25) is 5.91 Å². The van der Waals surface area contributed by atoms with E-state index < -0.39 is 0 Å². The van der Waals surface area contributed by atoms with Crippen LogP contribution < -0.4 is 5.32 Å². The molecule has 3 nitrogen and oxygen atoms in total. The number of hydrogen-bond acceptors (Lipinski definition) is 2. The number of carbonyl (C=O) groups is 1. The van der Waals surface area contributed by atoms with E-state index in [-0.39, 0.29) is 11.9 Å². The smallest absolute Gasteiger partial charge is 0.241 e. The second kappa shape index (κ2) is 7.56. The highest BCUT2D eigenvalue weighted by atomic mass is 79.9. The fourth-order valence-corrected chi connectivity index (χ4v) is 2.43. The molecular formula is C18H21BrN2O. The molecule has 0 saturated heterocycles. The van der Waals surface area contributed by atoms with Crippen molar-refractivity contribution in [2.45, 2.75) is 26.4 Å². The second-order valence-corrected chi connectivity index (χ2v) is 6.44. The first-order chi connectivity index (χ1) is 10.5. The lowest BCUT2D eigenvalue weighted by Gasteiger charge is -2.24. The molecule has 0 saturated carbocycles. The maximum Gasteiger partial charge on any atom is 0.241 e. The van der Waals surface area contributed by atoms with Gasteiger partial charge in [0, 0.05) is 16.7 Å². The number of halogens is 1. The summed E-state index contributed by atoms with van der Waals surface area (Å²) in [5.74, 6) is 0.00825. The summed E-state index contributed by atoms with van der Waals surface area (Å²) < 4.78 is 1.06. The molecule has 4 heteroatoms. The van der Waals surface area contributed by atoms with Crippen LogP contribution in [-0.2, 0) is 11.3 Å². The molecule has 22 heavy (non-hydrogen) atoms. The summed E-state index contributed by atoms with van der Waals surface area (Å²) in [6.45, 7) is 4.65. The van der Waals surface area contributed by atoms with Gasteiger partial charge in [0.05, 0.1) is 6.04 Å². The molecule has 0 aliphatic rings. The molecule has 0 aromatic heterocycles. The van der Waals surface area contributed by atoms with Crippen molar-refractivity contribution >= 4 is 27.5 Å². The average molecular weight is 361 g/mol. The molecule has 0 fully saturated rings. The fraction of sp³-hybridized carbons (Fsp3) is 0.278. The number of hydrogen-bond donors (Lipinski definition) is 1. The van der Waals surface area contributed by atoms with E-state index >= 15 is 0 Å². The van der Waals surface area contributed by atoms with E-state index in [0.29, 0.717) is 0 Å². The first kappa shape index (κ1) is 16.7.